The number of unbranched alkanes of at least 4 members (excludes halogenated alkanes) is 2. The van der Waals surface area contributed by atoms with E-state index in [0.717, 1.165) is 29.4 Å². The Hall–Kier alpha value is -3.68. The molecule has 0 atom stereocenters. The molecule has 0 unspecified atom stereocenters. The predicted molar refractivity (Wildman–Crippen MR) is 134 cm³/mol. The molecule has 178 valence electrons. The van der Waals surface area contributed by atoms with Crippen molar-refractivity contribution in [3.05, 3.63) is 66.1 Å². The number of aromatic nitrogens is 3. The van der Waals surface area contributed by atoms with Gasteiger partial charge >= 0.3 is 0 Å². The Morgan fingerprint density at radius 1 is 0.971 bits per heavy atom. The van der Waals surface area contributed by atoms with E-state index in [-0.39, 0.29) is 5.91 Å². The van der Waals surface area contributed by atoms with Crippen molar-refractivity contribution in [3.63, 3.8) is 0 Å². The van der Waals surface area contributed by atoms with Gasteiger partial charge in [-0.15, -0.1) is 0 Å². The monoisotopic (exact) mass is 460 g/mol. The van der Waals surface area contributed by atoms with Gasteiger partial charge in [-0.25, -0.2) is 15.0 Å². The third-order valence-corrected chi connectivity index (χ3v) is 5.83. The molecule has 1 aromatic carbocycles. The van der Waals surface area contributed by atoms with E-state index in [0.29, 0.717) is 44.2 Å². The molecule has 3 heterocycles. The zero-order chi connectivity index (χ0) is 23.8. The van der Waals surface area contributed by atoms with E-state index in [1.165, 1.54) is 12.8 Å². The van der Waals surface area contributed by atoms with Gasteiger partial charge in [-0.3, -0.25) is 4.79 Å². The minimum atomic E-state index is 0.0488. The number of nitrogens with one attached hydrogen (secondary N) is 1. The van der Waals surface area contributed by atoms with Crippen LogP contribution in [0.5, 0.6) is 5.75 Å². The molecule has 8 nitrogen and oxygen atoms in total. The lowest BCUT2D eigenvalue weighted by Crippen LogP contribution is -2.49. The summed E-state index contributed by atoms with van der Waals surface area (Å²) >= 11 is 0. The minimum Gasteiger partial charge on any atom is -0.494 e. The normalized spacial score (nSPS) is 13.6. The van der Waals surface area contributed by atoms with Gasteiger partial charge in [0.15, 0.2) is 0 Å². The second kappa shape index (κ2) is 11.4. The fourth-order valence-corrected chi connectivity index (χ4v) is 3.88. The number of hydrogen-bond donors (Lipinski definition) is 1. The first kappa shape index (κ1) is 23.5. The van der Waals surface area contributed by atoms with Crippen LogP contribution in [-0.4, -0.2) is 58.5 Å². The van der Waals surface area contributed by atoms with E-state index >= 15 is 0 Å². The van der Waals surface area contributed by atoms with E-state index in [4.69, 9.17) is 4.74 Å². The van der Waals surface area contributed by atoms with Crippen LogP contribution in [0.1, 0.15) is 42.1 Å². The van der Waals surface area contributed by atoms with Gasteiger partial charge in [0.05, 0.1) is 6.61 Å². The van der Waals surface area contributed by atoms with Gasteiger partial charge in [-0.1, -0.05) is 19.8 Å². The van der Waals surface area contributed by atoms with E-state index < -0.39 is 0 Å². The number of hydrogen-bond acceptors (Lipinski definition) is 7. The maximum Gasteiger partial charge on any atom is 0.253 e. The molecule has 0 spiro atoms. The van der Waals surface area contributed by atoms with Crippen molar-refractivity contribution in [1.82, 2.24) is 19.9 Å². The molecule has 0 aliphatic carbocycles. The second-order valence-corrected chi connectivity index (χ2v) is 8.46. The standard InChI is InChI=1S/C26H32N6O2/c1-3-4-5-16-34-22-8-6-21(7-9-22)26(33)32-14-12-31(13-15-32)25-18-24(28-19-29-25)30-23-17-20(2)10-11-27-23/h6-11,17-19H,3-5,12-16H2,1-2H3,(H,27,28,29,30). The molecule has 1 saturated heterocycles. The molecular weight excluding hydrogens is 428 g/mol. The topological polar surface area (TPSA) is 83.5 Å². The molecule has 34 heavy (non-hydrogen) atoms. The molecule has 8 heteroatoms. The minimum absolute atomic E-state index is 0.0488. The third-order valence-electron chi connectivity index (χ3n) is 5.83. The molecule has 4 rings (SSSR count). The average Bonchev–Trinajstić information content (AvgIpc) is 2.87. The molecule has 0 saturated carbocycles. The van der Waals surface area contributed by atoms with Gasteiger partial charge in [0.2, 0.25) is 0 Å². The molecule has 1 amide bonds. The maximum absolute atomic E-state index is 13.0. The summed E-state index contributed by atoms with van der Waals surface area (Å²) in [5.74, 6) is 3.14. The van der Waals surface area contributed by atoms with Gasteiger partial charge in [0.25, 0.3) is 5.91 Å². The Kier molecular flexibility index (Phi) is 7.91. The largest absolute Gasteiger partial charge is 0.494 e. The van der Waals surface area contributed by atoms with Gasteiger partial charge in [-0.05, 0) is 55.3 Å². The molecule has 1 aliphatic heterocycles. The van der Waals surface area contributed by atoms with Gasteiger partial charge < -0.3 is 19.9 Å². The summed E-state index contributed by atoms with van der Waals surface area (Å²) in [5.41, 5.74) is 1.82. The number of ether oxygens (including phenoxy) is 1. The SMILES string of the molecule is CCCCCOc1ccc(C(=O)N2CCN(c3cc(Nc4cc(C)ccn4)ncn3)CC2)cc1. The first-order chi connectivity index (χ1) is 16.6. The number of pyridine rings is 1. The molecular formula is C26H32N6O2. The molecule has 0 radical (unpaired) electrons. The number of nitrogens with zero attached hydrogens (tertiary/aromatic N) is 5. The van der Waals surface area contributed by atoms with Crippen molar-refractivity contribution in [2.24, 2.45) is 0 Å². The lowest BCUT2D eigenvalue weighted by Gasteiger charge is -2.35. The number of carbonyl (C=O) groups is 1. The molecule has 1 N–H and O–H groups in total. The van der Waals surface area contributed by atoms with Crippen LogP contribution in [-0.2, 0) is 0 Å². The Balaban J connectivity index is 1.30. The van der Waals surface area contributed by atoms with Crippen LogP contribution in [0.4, 0.5) is 17.5 Å². The Morgan fingerprint density at radius 3 is 2.47 bits per heavy atom. The number of anilines is 3. The summed E-state index contributed by atoms with van der Waals surface area (Å²) in [5, 5.41) is 3.23. The number of amides is 1. The van der Waals surface area contributed by atoms with Gasteiger partial charge in [-0.2, -0.15) is 0 Å². The molecule has 1 fully saturated rings. The fraction of sp³-hybridized carbons (Fsp3) is 0.385. The zero-order valence-corrected chi connectivity index (χ0v) is 19.9. The van der Waals surface area contributed by atoms with Crippen LogP contribution in [0.25, 0.3) is 0 Å². The summed E-state index contributed by atoms with van der Waals surface area (Å²) in [6.45, 7) is 7.61. The highest BCUT2D eigenvalue weighted by Crippen LogP contribution is 2.20. The lowest BCUT2D eigenvalue weighted by molar-refractivity contribution is 0.0746. The number of piperazine rings is 1. The first-order valence-electron chi connectivity index (χ1n) is 11.9. The second-order valence-electron chi connectivity index (χ2n) is 8.46. The number of benzene rings is 1. The predicted octanol–water partition coefficient (Wildman–Crippen LogP) is 4.46. The van der Waals surface area contributed by atoms with Gasteiger partial charge in [0.1, 0.15) is 29.5 Å². The van der Waals surface area contributed by atoms with Crippen LogP contribution in [0, 0.1) is 6.92 Å². The van der Waals surface area contributed by atoms with E-state index in [2.05, 4.69) is 32.1 Å². The van der Waals surface area contributed by atoms with Crippen LogP contribution in [0.3, 0.4) is 0 Å². The highest BCUT2D eigenvalue weighted by Gasteiger charge is 2.23. The van der Waals surface area contributed by atoms with E-state index in [9.17, 15) is 4.79 Å². The number of carbonyl (C=O) groups excluding carboxylic acids is 1. The smallest absolute Gasteiger partial charge is 0.253 e. The van der Waals surface area contributed by atoms with Crippen molar-refractivity contribution >= 4 is 23.4 Å². The van der Waals surface area contributed by atoms with Crippen molar-refractivity contribution in [2.75, 3.05) is 43.0 Å². The highest BCUT2D eigenvalue weighted by atomic mass is 16.5. The molecule has 1 aliphatic rings. The summed E-state index contributed by atoms with van der Waals surface area (Å²) in [6, 6.07) is 13.3. The average molecular weight is 461 g/mol. The van der Waals surface area contributed by atoms with Crippen LogP contribution in [0.15, 0.2) is 55.0 Å². The summed E-state index contributed by atoms with van der Waals surface area (Å²) in [6.07, 6.45) is 6.71. The highest BCUT2D eigenvalue weighted by molar-refractivity contribution is 5.94. The van der Waals surface area contributed by atoms with Gasteiger partial charge in [0, 0.05) is 44.0 Å². The summed E-state index contributed by atoms with van der Waals surface area (Å²) in [4.78, 5) is 30.1. The lowest BCUT2D eigenvalue weighted by atomic mass is 10.1. The molecule has 3 aromatic rings. The zero-order valence-electron chi connectivity index (χ0n) is 19.9. The van der Waals surface area contributed by atoms with Crippen molar-refractivity contribution in [3.8, 4) is 5.75 Å². The van der Waals surface area contributed by atoms with Crippen LogP contribution >= 0.6 is 0 Å². The van der Waals surface area contributed by atoms with Crippen molar-refractivity contribution in [2.45, 2.75) is 33.1 Å². The molecule has 2 aromatic heterocycles. The fourth-order valence-electron chi connectivity index (χ4n) is 3.88. The summed E-state index contributed by atoms with van der Waals surface area (Å²) in [7, 11) is 0. The first-order valence-corrected chi connectivity index (χ1v) is 11.9. The summed E-state index contributed by atoms with van der Waals surface area (Å²) < 4.78 is 5.75. The quantitative estimate of drug-likeness (QED) is 0.472. The van der Waals surface area contributed by atoms with Crippen LogP contribution in [0.2, 0.25) is 0 Å². The Bertz CT molecular complexity index is 1080. The van der Waals surface area contributed by atoms with Crippen molar-refractivity contribution < 1.29 is 9.53 Å². The van der Waals surface area contributed by atoms with Crippen molar-refractivity contribution in [1.29, 1.82) is 0 Å². The maximum atomic E-state index is 13.0. The Labute approximate surface area is 201 Å². The van der Waals surface area contributed by atoms with E-state index in [1.807, 2.05) is 54.3 Å². The molecule has 0 bridgehead atoms. The Morgan fingerprint density at radius 2 is 1.74 bits per heavy atom. The third kappa shape index (κ3) is 6.21. The van der Waals surface area contributed by atoms with Crippen LogP contribution < -0.4 is 15.0 Å². The number of rotatable bonds is 9. The van der Waals surface area contributed by atoms with E-state index in [1.54, 1.807) is 12.5 Å². The number of aryl methyl sites for hydroxylation is 1.